The fourth-order valence-electron chi connectivity index (χ4n) is 4.42. The first-order valence-corrected chi connectivity index (χ1v) is 9.54. The van der Waals surface area contributed by atoms with Crippen molar-refractivity contribution in [2.75, 3.05) is 52.9 Å². The highest BCUT2D eigenvalue weighted by Crippen LogP contribution is 2.43. The van der Waals surface area contributed by atoms with Crippen molar-refractivity contribution in [1.29, 1.82) is 0 Å². The lowest BCUT2D eigenvalue weighted by molar-refractivity contribution is -0.0137. The van der Waals surface area contributed by atoms with Gasteiger partial charge in [0.05, 0.1) is 19.3 Å². The first kappa shape index (κ1) is 20.2. The molecule has 1 saturated carbocycles. The lowest BCUT2D eigenvalue weighted by Gasteiger charge is -2.34. The van der Waals surface area contributed by atoms with E-state index in [9.17, 15) is 0 Å². The van der Waals surface area contributed by atoms with Gasteiger partial charge in [0.25, 0.3) is 0 Å². The Bertz CT molecular complexity index is 412. The monoisotopic (exact) mass is 450 g/mol. The summed E-state index contributed by atoms with van der Waals surface area (Å²) in [5.74, 6) is 1.10. The summed E-state index contributed by atoms with van der Waals surface area (Å²) in [6.07, 6.45) is 8.70. The van der Waals surface area contributed by atoms with Gasteiger partial charge in [0.15, 0.2) is 5.96 Å². The average Bonchev–Trinajstić information content (AvgIpc) is 2.95. The Hall–Kier alpha value is -0.0800. The van der Waals surface area contributed by atoms with Crippen LogP contribution >= 0.6 is 24.0 Å². The fourth-order valence-corrected chi connectivity index (χ4v) is 4.42. The molecule has 0 aromatic carbocycles. The van der Waals surface area contributed by atoms with Crippen molar-refractivity contribution in [2.45, 2.75) is 51.6 Å². The average molecular weight is 450 g/mol. The van der Waals surface area contributed by atoms with E-state index < -0.39 is 0 Å². The Morgan fingerprint density at radius 2 is 2.00 bits per heavy atom. The van der Waals surface area contributed by atoms with Crippen molar-refractivity contribution >= 4 is 29.9 Å². The molecule has 0 aromatic rings. The number of nitrogens with one attached hydrogen (secondary N) is 1. The maximum Gasteiger partial charge on any atom is 0.194 e. The second-order valence-corrected chi connectivity index (χ2v) is 7.68. The summed E-state index contributed by atoms with van der Waals surface area (Å²) in [5, 5.41) is 3.50. The fraction of sp³-hybridized carbons (Fsp3) is 0.944. The van der Waals surface area contributed by atoms with Gasteiger partial charge in [0.1, 0.15) is 0 Å². The molecule has 140 valence electrons. The molecule has 0 aromatic heterocycles. The SMILES string of the molecule is CCNC(=NCC1CN(C)CCO1)N1CCC2(CCCCC2)C1.I. The van der Waals surface area contributed by atoms with Crippen LogP contribution in [0.25, 0.3) is 0 Å². The van der Waals surface area contributed by atoms with E-state index in [0.717, 1.165) is 45.3 Å². The first-order chi connectivity index (χ1) is 11.2. The van der Waals surface area contributed by atoms with Crippen molar-refractivity contribution in [2.24, 2.45) is 10.4 Å². The Morgan fingerprint density at radius 1 is 1.21 bits per heavy atom. The predicted octanol–water partition coefficient (Wildman–Crippen LogP) is 2.56. The van der Waals surface area contributed by atoms with Crippen molar-refractivity contribution in [1.82, 2.24) is 15.1 Å². The molecule has 1 aliphatic carbocycles. The summed E-state index contributed by atoms with van der Waals surface area (Å²) in [7, 11) is 2.16. The molecule has 0 radical (unpaired) electrons. The van der Waals surface area contributed by atoms with E-state index in [-0.39, 0.29) is 30.1 Å². The minimum absolute atomic E-state index is 0. The molecule has 1 spiro atoms. The Labute approximate surface area is 164 Å². The third kappa shape index (κ3) is 5.21. The minimum Gasteiger partial charge on any atom is -0.374 e. The molecule has 5 nitrogen and oxygen atoms in total. The third-order valence-corrected chi connectivity index (χ3v) is 5.77. The highest BCUT2D eigenvalue weighted by molar-refractivity contribution is 14.0. The molecule has 2 heterocycles. The van der Waals surface area contributed by atoms with Crippen LogP contribution in [0.5, 0.6) is 0 Å². The number of nitrogens with zero attached hydrogens (tertiary/aromatic N) is 3. The second-order valence-electron chi connectivity index (χ2n) is 7.68. The number of hydrogen-bond donors (Lipinski definition) is 1. The van der Waals surface area contributed by atoms with E-state index in [1.165, 1.54) is 45.1 Å². The quantitative estimate of drug-likeness (QED) is 0.408. The van der Waals surface area contributed by atoms with E-state index in [1.807, 2.05) is 0 Å². The molecule has 3 aliphatic rings. The van der Waals surface area contributed by atoms with Gasteiger partial charge < -0.3 is 19.9 Å². The molecule has 1 unspecified atom stereocenters. The van der Waals surface area contributed by atoms with Crippen molar-refractivity contribution in [3.05, 3.63) is 0 Å². The number of likely N-dealkylation sites (tertiary alicyclic amines) is 1. The van der Waals surface area contributed by atoms with Gasteiger partial charge in [0, 0.05) is 32.7 Å². The summed E-state index contributed by atoms with van der Waals surface area (Å²) >= 11 is 0. The van der Waals surface area contributed by atoms with E-state index in [4.69, 9.17) is 9.73 Å². The van der Waals surface area contributed by atoms with Gasteiger partial charge >= 0.3 is 0 Å². The highest BCUT2D eigenvalue weighted by atomic mass is 127. The number of likely N-dealkylation sites (N-methyl/N-ethyl adjacent to an activating group) is 1. The van der Waals surface area contributed by atoms with Crippen molar-refractivity contribution in [3.63, 3.8) is 0 Å². The van der Waals surface area contributed by atoms with Gasteiger partial charge in [0.2, 0.25) is 0 Å². The molecule has 2 aliphatic heterocycles. The molecule has 3 fully saturated rings. The van der Waals surface area contributed by atoms with Crippen LogP contribution in [0.2, 0.25) is 0 Å². The lowest BCUT2D eigenvalue weighted by Crippen LogP contribution is -2.44. The van der Waals surface area contributed by atoms with Crippen LogP contribution in [0, 0.1) is 5.41 Å². The smallest absolute Gasteiger partial charge is 0.194 e. The van der Waals surface area contributed by atoms with E-state index in [0.29, 0.717) is 5.41 Å². The first-order valence-electron chi connectivity index (χ1n) is 9.54. The maximum atomic E-state index is 5.85. The number of guanidine groups is 1. The molecule has 1 atom stereocenters. The molecule has 6 heteroatoms. The molecule has 2 saturated heterocycles. The normalized spacial score (nSPS) is 28.0. The zero-order valence-corrected chi connectivity index (χ0v) is 17.8. The molecular formula is C18H35IN4O. The number of morpholine rings is 1. The van der Waals surface area contributed by atoms with Gasteiger partial charge in [-0.15, -0.1) is 24.0 Å². The number of rotatable bonds is 3. The van der Waals surface area contributed by atoms with Crippen LogP contribution in [-0.4, -0.2) is 74.8 Å². The Balaban J connectivity index is 0.00000208. The lowest BCUT2D eigenvalue weighted by atomic mass is 9.73. The van der Waals surface area contributed by atoms with E-state index in [1.54, 1.807) is 0 Å². The Morgan fingerprint density at radius 3 is 2.71 bits per heavy atom. The predicted molar refractivity (Wildman–Crippen MR) is 110 cm³/mol. The maximum absolute atomic E-state index is 5.85. The second kappa shape index (κ2) is 9.57. The van der Waals surface area contributed by atoms with Gasteiger partial charge in [-0.1, -0.05) is 19.3 Å². The van der Waals surface area contributed by atoms with Gasteiger partial charge in [-0.3, -0.25) is 4.99 Å². The number of ether oxygens (including phenoxy) is 1. The van der Waals surface area contributed by atoms with E-state index in [2.05, 4.69) is 29.1 Å². The largest absolute Gasteiger partial charge is 0.374 e. The molecule has 1 N–H and O–H groups in total. The van der Waals surface area contributed by atoms with E-state index >= 15 is 0 Å². The van der Waals surface area contributed by atoms with Gasteiger partial charge in [-0.2, -0.15) is 0 Å². The van der Waals surface area contributed by atoms with Crippen LogP contribution in [0.4, 0.5) is 0 Å². The minimum atomic E-state index is 0. The van der Waals surface area contributed by atoms with Crippen LogP contribution in [0.15, 0.2) is 4.99 Å². The standard InChI is InChI=1S/C18H34N4O.HI/c1-3-19-17(20-13-16-14-21(2)11-12-23-16)22-10-9-18(15-22)7-5-4-6-8-18;/h16H,3-15H2,1-2H3,(H,19,20);1H. The van der Waals surface area contributed by atoms with Gasteiger partial charge in [-0.25, -0.2) is 0 Å². The number of hydrogen-bond acceptors (Lipinski definition) is 3. The highest BCUT2D eigenvalue weighted by Gasteiger charge is 2.39. The van der Waals surface area contributed by atoms with Gasteiger partial charge in [-0.05, 0) is 38.6 Å². The molecule has 3 rings (SSSR count). The summed E-state index contributed by atoms with van der Waals surface area (Å²) in [5.41, 5.74) is 0.579. The van der Waals surface area contributed by atoms with Crippen molar-refractivity contribution in [3.8, 4) is 0 Å². The Kier molecular flexibility index (Phi) is 8.07. The summed E-state index contributed by atoms with van der Waals surface area (Å²) in [4.78, 5) is 9.75. The topological polar surface area (TPSA) is 40.1 Å². The van der Waals surface area contributed by atoms with Crippen LogP contribution in [0.3, 0.4) is 0 Å². The number of aliphatic imine (C=N–C) groups is 1. The molecular weight excluding hydrogens is 415 g/mol. The number of halogens is 1. The zero-order valence-electron chi connectivity index (χ0n) is 15.4. The van der Waals surface area contributed by atoms with Crippen molar-refractivity contribution < 1.29 is 4.74 Å². The van der Waals surface area contributed by atoms with Crippen LogP contribution in [0.1, 0.15) is 45.4 Å². The zero-order chi connectivity index (χ0) is 16.1. The summed E-state index contributed by atoms with van der Waals surface area (Å²) in [6.45, 7) is 9.10. The third-order valence-electron chi connectivity index (χ3n) is 5.77. The molecule has 0 amide bonds. The summed E-state index contributed by atoms with van der Waals surface area (Å²) in [6, 6.07) is 0. The van der Waals surface area contributed by atoms with Crippen LogP contribution < -0.4 is 5.32 Å². The molecule has 24 heavy (non-hydrogen) atoms. The van der Waals surface area contributed by atoms with Crippen LogP contribution in [-0.2, 0) is 4.74 Å². The summed E-state index contributed by atoms with van der Waals surface area (Å²) < 4.78 is 5.85. The molecule has 0 bridgehead atoms.